The highest BCUT2D eigenvalue weighted by atomic mass is 16.7. The predicted molar refractivity (Wildman–Crippen MR) is 158 cm³/mol. The Kier molecular flexibility index (Phi) is 7.80. The van der Waals surface area contributed by atoms with Crippen molar-refractivity contribution in [1.82, 2.24) is 10.2 Å². The summed E-state index contributed by atoms with van der Waals surface area (Å²) < 4.78 is 13.1. The van der Waals surface area contributed by atoms with E-state index in [1.807, 2.05) is 36.4 Å². The average molecular weight is 560 g/mol. The number of urea groups is 1. The number of rotatable bonds is 7. The van der Waals surface area contributed by atoms with Gasteiger partial charge in [0.15, 0.2) is 6.29 Å². The maximum absolute atomic E-state index is 13.1. The lowest BCUT2D eigenvalue weighted by molar-refractivity contribution is -0.253. The molecule has 41 heavy (non-hydrogen) atoms. The SMILES string of the molecule is O=C(Nc1ccc([C@H]2O[C@@H](CN3CCCCC3)C[C@@H](c3ccc(CO)cc3)O2)cc1)NC12CC3CC(CC(C3)C1)C2. The number of carbonyl (C=O) groups is 1. The van der Waals surface area contributed by atoms with Crippen LogP contribution < -0.4 is 10.6 Å². The number of nitrogens with one attached hydrogen (secondary N) is 2. The van der Waals surface area contributed by atoms with Gasteiger partial charge in [0.05, 0.1) is 18.8 Å². The Balaban J connectivity index is 1.02. The first kappa shape index (κ1) is 27.4. The number of hydrogen-bond acceptors (Lipinski definition) is 5. The lowest BCUT2D eigenvalue weighted by atomic mass is 9.53. The van der Waals surface area contributed by atoms with Crippen molar-refractivity contribution >= 4 is 11.7 Å². The molecule has 4 bridgehead atoms. The second-order valence-electron chi connectivity index (χ2n) is 13.6. The van der Waals surface area contributed by atoms with E-state index in [1.54, 1.807) is 0 Å². The van der Waals surface area contributed by atoms with Gasteiger partial charge >= 0.3 is 6.03 Å². The fourth-order valence-electron chi connectivity index (χ4n) is 8.85. The molecular formula is C34H45N3O4. The number of anilines is 1. The van der Waals surface area contributed by atoms with Crippen LogP contribution >= 0.6 is 0 Å². The van der Waals surface area contributed by atoms with Crippen LogP contribution in [0.15, 0.2) is 48.5 Å². The van der Waals surface area contributed by atoms with Crippen LogP contribution in [0.4, 0.5) is 10.5 Å². The number of likely N-dealkylation sites (tertiary alicyclic amines) is 1. The Morgan fingerprint density at radius 3 is 2.10 bits per heavy atom. The zero-order chi connectivity index (χ0) is 27.8. The Hall–Kier alpha value is -2.45. The molecule has 0 spiro atoms. The number of hydrogen-bond donors (Lipinski definition) is 3. The topological polar surface area (TPSA) is 83.1 Å². The summed E-state index contributed by atoms with van der Waals surface area (Å²) >= 11 is 0. The van der Waals surface area contributed by atoms with Crippen molar-refractivity contribution in [3.05, 3.63) is 65.2 Å². The van der Waals surface area contributed by atoms with Gasteiger partial charge in [-0.25, -0.2) is 4.79 Å². The third-order valence-corrected chi connectivity index (χ3v) is 10.4. The number of aliphatic hydroxyl groups is 1. The normalized spacial score (nSPS) is 34.9. The number of nitrogens with zero attached hydrogens (tertiary/aromatic N) is 1. The Morgan fingerprint density at radius 1 is 0.829 bits per heavy atom. The first-order valence-corrected chi connectivity index (χ1v) is 15.9. The molecule has 220 valence electrons. The van der Waals surface area contributed by atoms with E-state index in [9.17, 15) is 9.90 Å². The summed E-state index contributed by atoms with van der Waals surface area (Å²) in [7, 11) is 0. The maximum Gasteiger partial charge on any atom is 0.319 e. The number of amides is 2. The molecule has 2 saturated heterocycles. The molecule has 0 unspecified atom stereocenters. The van der Waals surface area contributed by atoms with E-state index in [0.29, 0.717) is 0 Å². The largest absolute Gasteiger partial charge is 0.392 e. The molecule has 0 radical (unpaired) electrons. The number of benzene rings is 2. The maximum atomic E-state index is 13.1. The van der Waals surface area contributed by atoms with Gasteiger partial charge < -0.3 is 30.1 Å². The molecule has 4 saturated carbocycles. The molecule has 4 aliphatic carbocycles. The van der Waals surface area contributed by atoms with Crippen LogP contribution in [-0.4, -0.2) is 47.3 Å². The van der Waals surface area contributed by atoms with Crippen LogP contribution in [0.1, 0.15) is 93.3 Å². The van der Waals surface area contributed by atoms with Gasteiger partial charge in [0.1, 0.15) is 0 Å². The van der Waals surface area contributed by atoms with Crippen molar-refractivity contribution in [2.45, 2.75) is 94.9 Å². The van der Waals surface area contributed by atoms with E-state index in [2.05, 4.69) is 27.7 Å². The quantitative estimate of drug-likeness (QED) is 0.371. The van der Waals surface area contributed by atoms with E-state index in [-0.39, 0.29) is 30.4 Å². The summed E-state index contributed by atoms with van der Waals surface area (Å²) in [5, 5.41) is 16.0. The Labute approximate surface area is 244 Å². The fraction of sp³-hybridized carbons (Fsp3) is 0.618. The minimum absolute atomic E-state index is 0.00366. The Morgan fingerprint density at radius 2 is 1.46 bits per heavy atom. The summed E-state index contributed by atoms with van der Waals surface area (Å²) in [6.45, 7) is 3.21. The summed E-state index contributed by atoms with van der Waals surface area (Å²) in [5.74, 6) is 2.39. The number of carbonyl (C=O) groups excluding carboxylic acids is 1. The van der Waals surface area contributed by atoms with Gasteiger partial charge in [0.2, 0.25) is 0 Å². The zero-order valence-corrected chi connectivity index (χ0v) is 24.1. The summed E-state index contributed by atoms with van der Waals surface area (Å²) in [6, 6.07) is 15.9. The van der Waals surface area contributed by atoms with E-state index in [0.717, 1.165) is 85.4 Å². The molecule has 6 fully saturated rings. The number of aliphatic hydroxyl groups excluding tert-OH is 1. The van der Waals surface area contributed by atoms with E-state index >= 15 is 0 Å². The van der Waals surface area contributed by atoms with Crippen molar-refractivity contribution < 1.29 is 19.4 Å². The first-order chi connectivity index (χ1) is 20.0. The molecule has 3 atom stereocenters. The zero-order valence-electron chi connectivity index (χ0n) is 24.1. The van der Waals surface area contributed by atoms with Gasteiger partial charge in [-0.2, -0.15) is 0 Å². The highest BCUT2D eigenvalue weighted by molar-refractivity contribution is 5.89. The monoisotopic (exact) mass is 559 g/mol. The van der Waals surface area contributed by atoms with Gasteiger partial charge in [0, 0.05) is 29.8 Å². The lowest BCUT2D eigenvalue weighted by Crippen LogP contribution is -2.60. The average Bonchev–Trinajstić information content (AvgIpc) is 2.97. The molecule has 2 aromatic rings. The third kappa shape index (κ3) is 6.19. The standard InChI is InChI=1S/C34H45N3O4/c38-22-23-4-6-27(7-5-23)31-17-30(21-37-12-2-1-3-13-37)40-32(41-31)28-8-10-29(11-9-28)35-33(39)36-34-18-24-14-25(19-34)16-26(15-24)20-34/h4-11,24-26,30-32,38H,1-3,12-22H2,(H2,35,36,39)/t24?,25?,26?,30-,31+,32+,34?/m1/s1. The summed E-state index contributed by atoms with van der Waals surface area (Å²) in [5.41, 5.74) is 3.75. The van der Waals surface area contributed by atoms with E-state index in [4.69, 9.17) is 9.47 Å². The van der Waals surface area contributed by atoms with E-state index in [1.165, 1.54) is 38.5 Å². The molecule has 2 amide bonds. The minimum atomic E-state index is -0.476. The lowest BCUT2D eigenvalue weighted by Gasteiger charge is -2.56. The molecule has 8 rings (SSSR count). The molecule has 7 heteroatoms. The summed E-state index contributed by atoms with van der Waals surface area (Å²) in [6.07, 6.45) is 11.7. The molecule has 2 heterocycles. The number of ether oxygens (including phenoxy) is 2. The Bertz CT molecular complexity index is 1160. The van der Waals surface area contributed by atoms with Crippen LogP contribution in [0.25, 0.3) is 0 Å². The molecule has 0 aromatic heterocycles. The van der Waals surface area contributed by atoms with Gasteiger partial charge in [-0.05, 0) is 105 Å². The van der Waals surface area contributed by atoms with Crippen molar-refractivity contribution in [3.63, 3.8) is 0 Å². The highest BCUT2D eigenvalue weighted by Crippen LogP contribution is 2.55. The van der Waals surface area contributed by atoms with Crippen molar-refractivity contribution in [2.75, 3.05) is 25.0 Å². The fourth-order valence-corrected chi connectivity index (χ4v) is 8.85. The van der Waals surface area contributed by atoms with Crippen molar-refractivity contribution in [3.8, 4) is 0 Å². The molecule has 2 aromatic carbocycles. The molecule has 6 aliphatic rings. The smallest absolute Gasteiger partial charge is 0.319 e. The molecule has 7 nitrogen and oxygen atoms in total. The van der Waals surface area contributed by atoms with Crippen LogP contribution in [-0.2, 0) is 16.1 Å². The summed E-state index contributed by atoms with van der Waals surface area (Å²) in [4.78, 5) is 15.6. The third-order valence-electron chi connectivity index (χ3n) is 10.4. The van der Waals surface area contributed by atoms with Crippen molar-refractivity contribution in [1.29, 1.82) is 0 Å². The van der Waals surface area contributed by atoms with E-state index < -0.39 is 6.29 Å². The predicted octanol–water partition coefficient (Wildman–Crippen LogP) is 6.30. The molecular weight excluding hydrogens is 514 g/mol. The minimum Gasteiger partial charge on any atom is -0.392 e. The second-order valence-corrected chi connectivity index (χ2v) is 13.6. The van der Waals surface area contributed by atoms with Gasteiger partial charge in [-0.15, -0.1) is 0 Å². The highest BCUT2D eigenvalue weighted by Gasteiger charge is 2.51. The molecule has 3 N–H and O–H groups in total. The van der Waals surface area contributed by atoms with Gasteiger partial charge in [-0.1, -0.05) is 42.8 Å². The van der Waals surface area contributed by atoms with Crippen LogP contribution in [0.3, 0.4) is 0 Å². The van der Waals surface area contributed by atoms with Crippen LogP contribution in [0.2, 0.25) is 0 Å². The van der Waals surface area contributed by atoms with Crippen LogP contribution in [0, 0.1) is 17.8 Å². The van der Waals surface area contributed by atoms with Gasteiger partial charge in [-0.3, -0.25) is 0 Å². The van der Waals surface area contributed by atoms with Gasteiger partial charge in [0.25, 0.3) is 0 Å². The molecule has 2 aliphatic heterocycles. The first-order valence-electron chi connectivity index (χ1n) is 15.9. The van der Waals surface area contributed by atoms with Crippen LogP contribution in [0.5, 0.6) is 0 Å². The second kappa shape index (κ2) is 11.7. The number of piperidine rings is 1. The van der Waals surface area contributed by atoms with Crippen molar-refractivity contribution in [2.24, 2.45) is 17.8 Å².